The summed E-state index contributed by atoms with van der Waals surface area (Å²) in [5, 5.41) is 4.37. The van der Waals surface area contributed by atoms with Crippen molar-refractivity contribution in [1.29, 1.82) is 0 Å². The Bertz CT molecular complexity index is 767. The van der Waals surface area contributed by atoms with E-state index in [4.69, 9.17) is 9.47 Å². The van der Waals surface area contributed by atoms with Gasteiger partial charge in [0.25, 0.3) is 0 Å². The summed E-state index contributed by atoms with van der Waals surface area (Å²) in [6.07, 6.45) is 3.88. The number of aryl methyl sites for hydroxylation is 1. The van der Waals surface area contributed by atoms with Crippen LogP contribution in [0.25, 0.3) is 6.08 Å². The normalized spacial score (nSPS) is 11.8. The van der Waals surface area contributed by atoms with E-state index in [0.717, 1.165) is 11.3 Å². The first-order valence-electron chi connectivity index (χ1n) is 7.86. The van der Waals surface area contributed by atoms with Crippen molar-refractivity contribution in [3.8, 4) is 11.5 Å². The molecule has 2 rings (SSSR count). The number of carbonyl (C=O) groups excluding carboxylic acids is 1. The number of carbonyl (C=O) groups is 1. The van der Waals surface area contributed by atoms with E-state index in [1.165, 1.54) is 0 Å². The average Bonchev–Trinajstić information content (AvgIpc) is 2.91. The van der Waals surface area contributed by atoms with E-state index < -0.39 is 5.97 Å². The molecular weight excluding hydrogens is 304 g/mol. The van der Waals surface area contributed by atoms with Gasteiger partial charge in [-0.25, -0.2) is 4.79 Å². The van der Waals surface area contributed by atoms with Gasteiger partial charge in [0.15, 0.2) is 17.2 Å². The molecule has 5 heteroatoms. The van der Waals surface area contributed by atoms with Crippen LogP contribution in [-0.2, 0) is 5.54 Å². The molecule has 5 nitrogen and oxygen atoms in total. The second kappa shape index (κ2) is 6.91. The zero-order valence-corrected chi connectivity index (χ0v) is 15.1. The number of esters is 1. The first-order valence-corrected chi connectivity index (χ1v) is 7.86. The van der Waals surface area contributed by atoms with E-state index in [-0.39, 0.29) is 11.2 Å². The number of allylic oxidation sites excluding steroid dienone is 1. The minimum atomic E-state index is -0.502. The van der Waals surface area contributed by atoms with Gasteiger partial charge in [0.05, 0.1) is 12.6 Å². The maximum absolute atomic E-state index is 12.4. The minimum Gasteiger partial charge on any atom is -0.493 e. The predicted octanol–water partition coefficient (Wildman–Crippen LogP) is 4.21. The number of rotatable bonds is 4. The van der Waals surface area contributed by atoms with Crippen LogP contribution in [0.5, 0.6) is 11.5 Å². The Morgan fingerprint density at radius 2 is 1.92 bits per heavy atom. The summed E-state index contributed by atoms with van der Waals surface area (Å²) in [5.41, 5.74) is 1.96. The van der Waals surface area contributed by atoms with E-state index in [0.29, 0.717) is 11.5 Å². The standard InChI is InChI=1S/C19H24N2O3/c1-7-8-14-9-10-16(17(12-14)23-6)24-18(22)15-11-13(2)21(20-15)19(3,4)5/h7-12H,1-6H3/b8-7+. The van der Waals surface area contributed by atoms with Gasteiger partial charge in [-0.05, 0) is 58.4 Å². The van der Waals surface area contributed by atoms with Crippen LogP contribution in [-0.4, -0.2) is 22.9 Å². The minimum absolute atomic E-state index is 0.200. The zero-order chi connectivity index (χ0) is 17.9. The molecule has 0 aliphatic carbocycles. The second-order valence-electron chi connectivity index (χ2n) is 6.55. The molecule has 0 saturated heterocycles. The monoisotopic (exact) mass is 328 g/mol. The summed E-state index contributed by atoms with van der Waals surface area (Å²) in [6.45, 7) is 9.96. The van der Waals surface area contributed by atoms with E-state index in [1.54, 1.807) is 19.2 Å². The molecule has 128 valence electrons. The SMILES string of the molecule is C/C=C/c1ccc(OC(=O)c2cc(C)n(C(C)(C)C)n2)c(OC)c1. The largest absolute Gasteiger partial charge is 0.493 e. The van der Waals surface area contributed by atoms with E-state index in [1.807, 2.05) is 63.6 Å². The van der Waals surface area contributed by atoms with Crippen molar-refractivity contribution in [3.63, 3.8) is 0 Å². The van der Waals surface area contributed by atoms with Gasteiger partial charge in [0, 0.05) is 5.69 Å². The fourth-order valence-corrected chi connectivity index (χ4v) is 2.47. The average molecular weight is 328 g/mol. The Morgan fingerprint density at radius 1 is 1.21 bits per heavy atom. The third-order valence-corrected chi connectivity index (χ3v) is 3.48. The number of methoxy groups -OCH3 is 1. The molecule has 24 heavy (non-hydrogen) atoms. The van der Waals surface area contributed by atoms with Crippen molar-refractivity contribution in [3.05, 3.63) is 47.3 Å². The zero-order valence-electron chi connectivity index (χ0n) is 15.1. The van der Waals surface area contributed by atoms with Gasteiger partial charge < -0.3 is 9.47 Å². The highest BCUT2D eigenvalue weighted by Crippen LogP contribution is 2.29. The molecular formula is C19H24N2O3. The number of benzene rings is 1. The molecule has 1 heterocycles. The lowest BCUT2D eigenvalue weighted by Gasteiger charge is -2.21. The Balaban J connectivity index is 2.27. The van der Waals surface area contributed by atoms with Gasteiger partial charge in [-0.15, -0.1) is 0 Å². The molecule has 0 aliphatic rings. The van der Waals surface area contributed by atoms with Crippen LogP contribution >= 0.6 is 0 Å². The third kappa shape index (κ3) is 3.85. The number of hydrogen-bond acceptors (Lipinski definition) is 4. The molecule has 0 aliphatic heterocycles. The van der Waals surface area contributed by atoms with Gasteiger partial charge in [-0.1, -0.05) is 18.2 Å². The Labute approximate surface area is 142 Å². The van der Waals surface area contributed by atoms with Crippen LogP contribution in [0, 0.1) is 6.92 Å². The van der Waals surface area contributed by atoms with Crippen LogP contribution in [0.2, 0.25) is 0 Å². The van der Waals surface area contributed by atoms with Gasteiger partial charge in [0.2, 0.25) is 0 Å². The Morgan fingerprint density at radius 3 is 2.46 bits per heavy atom. The molecule has 0 radical (unpaired) electrons. The highest BCUT2D eigenvalue weighted by atomic mass is 16.6. The van der Waals surface area contributed by atoms with Crippen molar-refractivity contribution >= 4 is 12.0 Å². The predicted molar refractivity (Wildman–Crippen MR) is 94.6 cm³/mol. The number of hydrogen-bond donors (Lipinski definition) is 0. The van der Waals surface area contributed by atoms with Crippen LogP contribution < -0.4 is 9.47 Å². The first-order chi connectivity index (χ1) is 11.3. The van der Waals surface area contributed by atoms with Crippen LogP contribution in [0.1, 0.15) is 49.4 Å². The highest BCUT2D eigenvalue weighted by Gasteiger charge is 2.22. The lowest BCUT2D eigenvalue weighted by Crippen LogP contribution is -2.25. The van der Waals surface area contributed by atoms with E-state index in [2.05, 4.69) is 5.10 Å². The van der Waals surface area contributed by atoms with E-state index in [9.17, 15) is 4.79 Å². The molecule has 1 aromatic carbocycles. The molecule has 0 bridgehead atoms. The Hall–Kier alpha value is -2.56. The molecule has 0 atom stereocenters. The summed E-state index contributed by atoms with van der Waals surface area (Å²) >= 11 is 0. The van der Waals surface area contributed by atoms with Gasteiger partial charge in [-0.2, -0.15) is 5.10 Å². The van der Waals surface area contributed by atoms with Gasteiger partial charge in [0.1, 0.15) is 0 Å². The van der Waals surface area contributed by atoms with Crippen LogP contribution in [0.15, 0.2) is 30.3 Å². The third-order valence-electron chi connectivity index (χ3n) is 3.48. The molecule has 2 aromatic rings. The number of ether oxygens (including phenoxy) is 2. The quantitative estimate of drug-likeness (QED) is 0.623. The van der Waals surface area contributed by atoms with Crippen molar-refractivity contribution < 1.29 is 14.3 Å². The number of nitrogens with zero attached hydrogens (tertiary/aromatic N) is 2. The summed E-state index contributed by atoms with van der Waals surface area (Å²) < 4.78 is 12.6. The Kier molecular flexibility index (Phi) is 5.12. The van der Waals surface area contributed by atoms with Crippen LogP contribution in [0.3, 0.4) is 0 Å². The summed E-state index contributed by atoms with van der Waals surface area (Å²) in [4.78, 5) is 12.4. The van der Waals surface area contributed by atoms with Crippen molar-refractivity contribution in [2.24, 2.45) is 0 Å². The molecule has 0 fully saturated rings. The van der Waals surface area contributed by atoms with Crippen molar-refractivity contribution in [1.82, 2.24) is 9.78 Å². The summed E-state index contributed by atoms with van der Waals surface area (Å²) in [7, 11) is 1.55. The van der Waals surface area contributed by atoms with Crippen molar-refractivity contribution in [2.45, 2.75) is 40.2 Å². The summed E-state index contributed by atoms with van der Waals surface area (Å²) in [6, 6.07) is 7.14. The maximum Gasteiger partial charge on any atom is 0.364 e. The maximum atomic E-state index is 12.4. The van der Waals surface area contributed by atoms with Gasteiger partial charge in [-0.3, -0.25) is 4.68 Å². The molecule has 0 N–H and O–H groups in total. The second-order valence-corrected chi connectivity index (χ2v) is 6.55. The topological polar surface area (TPSA) is 53.4 Å². The smallest absolute Gasteiger partial charge is 0.364 e. The molecule has 0 unspecified atom stereocenters. The lowest BCUT2D eigenvalue weighted by molar-refractivity contribution is 0.0721. The number of aromatic nitrogens is 2. The molecule has 0 spiro atoms. The van der Waals surface area contributed by atoms with Crippen LogP contribution in [0.4, 0.5) is 0 Å². The molecule has 0 saturated carbocycles. The van der Waals surface area contributed by atoms with Gasteiger partial charge >= 0.3 is 5.97 Å². The van der Waals surface area contributed by atoms with Crippen molar-refractivity contribution in [2.75, 3.05) is 7.11 Å². The lowest BCUT2D eigenvalue weighted by atomic mass is 10.1. The fraction of sp³-hybridized carbons (Fsp3) is 0.368. The highest BCUT2D eigenvalue weighted by molar-refractivity contribution is 5.89. The summed E-state index contributed by atoms with van der Waals surface area (Å²) in [5.74, 6) is 0.378. The molecule has 0 amide bonds. The van der Waals surface area contributed by atoms with E-state index >= 15 is 0 Å². The molecule has 1 aromatic heterocycles. The fourth-order valence-electron chi connectivity index (χ4n) is 2.47. The first kappa shape index (κ1) is 17.8.